The van der Waals surface area contributed by atoms with Crippen molar-refractivity contribution < 1.29 is 4.79 Å². The highest BCUT2D eigenvalue weighted by Crippen LogP contribution is 2.33. The van der Waals surface area contributed by atoms with Crippen molar-refractivity contribution in [3.63, 3.8) is 0 Å². The maximum atomic E-state index is 13.1. The first kappa shape index (κ1) is 18.9. The summed E-state index contributed by atoms with van der Waals surface area (Å²) in [6.45, 7) is 12.0. The van der Waals surface area contributed by atoms with Gasteiger partial charge >= 0.3 is 0 Å². The summed E-state index contributed by atoms with van der Waals surface area (Å²) in [4.78, 5) is 16.0. The molecule has 1 aliphatic rings. The number of carbonyl (C=O) groups excluding carboxylic acids is 1. The van der Waals surface area contributed by atoms with Crippen LogP contribution in [0.5, 0.6) is 0 Å². The Hall–Kier alpha value is -0.390. The molecule has 0 unspecified atom stereocenters. The van der Waals surface area contributed by atoms with Gasteiger partial charge in [0.15, 0.2) is 0 Å². The van der Waals surface area contributed by atoms with Crippen molar-refractivity contribution in [1.29, 1.82) is 0 Å². The minimum atomic E-state index is 0.0488. The molecule has 1 aromatic rings. The maximum Gasteiger partial charge on any atom is 0.264 e. The number of nitrogens with zero attached hydrogens (tertiary/aromatic N) is 1. The first-order valence-corrected chi connectivity index (χ1v) is 10.1. The second kappa shape index (κ2) is 7.24. The van der Waals surface area contributed by atoms with Crippen LogP contribution in [-0.2, 0) is 0 Å². The lowest BCUT2D eigenvalue weighted by Crippen LogP contribution is -2.62. The molecule has 0 spiro atoms. The third-order valence-electron chi connectivity index (χ3n) is 4.41. The Morgan fingerprint density at radius 2 is 1.91 bits per heavy atom. The summed E-state index contributed by atoms with van der Waals surface area (Å²) in [7, 11) is 0. The van der Waals surface area contributed by atoms with E-state index in [-0.39, 0.29) is 17.0 Å². The fourth-order valence-electron chi connectivity index (χ4n) is 3.84. The fourth-order valence-corrected chi connectivity index (χ4v) is 5.18. The second-order valence-electron chi connectivity index (χ2n) is 7.91. The van der Waals surface area contributed by atoms with Gasteiger partial charge in [-0.3, -0.25) is 4.79 Å². The number of halogens is 1. The predicted molar refractivity (Wildman–Crippen MR) is 102 cm³/mol. The van der Waals surface area contributed by atoms with Gasteiger partial charge in [-0.05, 0) is 75.0 Å². The Kier molecular flexibility index (Phi) is 5.96. The molecule has 23 heavy (non-hydrogen) atoms. The highest BCUT2D eigenvalue weighted by Gasteiger charge is 2.41. The SMILES string of the molecule is CCCCN(C(=O)c1ccc(Br)s1)C1CC(C)(C)NC(C)(C)C1. The van der Waals surface area contributed by atoms with Crippen LogP contribution >= 0.6 is 27.3 Å². The summed E-state index contributed by atoms with van der Waals surface area (Å²) in [5.74, 6) is 0.188. The largest absolute Gasteiger partial charge is 0.335 e. The van der Waals surface area contributed by atoms with Gasteiger partial charge < -0.3 is 10.2 Å². The summed E-state index contributed by atoms with van der Waals surface area (Å²) in [6.07, 6.45) is 4.16. The Balaban J connectivity index is 2.25. The van der Waals surface area contributed by atoms with Gasteiger partial charge in [-0.25, -0.2) is 0 Å². The number of unbranched alkanes of at least 4 members (excludes halogenated alkanes) is 1. The van der Waals surface area contributed by atoms with Gasteiger partial charge in [0, 0.05) is 23.7 Å². The van der Waals surface area contributed by atoms with Crippen LogP contribution in [0.1, 0.15) is 70.0 Å². The molecule has 1 aromatic heterocycles. The van der Waals surface area contributed by atoms with Crippen molar-refractivity contribution in [2.45, 2.75) is 77.4 Å². The quantitative estimate of drug-likeness (QED) is 0.748. The molecule has 1 fully saturated rings. The molecule has 1 aliphatic heterocycles. The lowest BCUT2D eigenvalue weighted by molar-refractivity contribution is 0.0446. The molecule has 0 aromatic carbocycles. The molecule has 1 amide bonds. The van der Waals surface area contributed by atoms with Crippen molar-refractivity contribution in [3.05, 3.63) is 20.8 Å². The minimum absolute atomic E-state index is 0.0488. The average molecular weight is 401 g/mol. The van der Waals surface area contributed by atoms with E-state index in [1.807, 2.05) is 12.1 Å². The third kappa shape index (κ3) is 5.04. The average Bonchev–Trinajstić information content (AvgIpc) is 2.82. The molecule has 0 bridgehead atoms. The van der Waals surface area contributed by atoms with Crippen LogP contribution in [-0.4, -0.2) is 34.5 Å². The first-order valence-electron chi connectivity index (χ1n) is 8.49. The van der Waals surface area contributed by atoms with Crippen LogP contribution < -0.4 is 5.32 Å². The standard InChI is InChI=1S/C18H29BrN2OS/c1-6-7-10-21(16(22)14-8-9-15(19)23-14)13-11-17(2,3)20-18(4,5)12-13/h8-9,13,20H,6-7,10-12H2,1-5H3. The van der Waals surface area contributed by atoms with E-state index in [4.69, 9.17) is 0 Å². The Labute approximate surface area is 153 Å². The molecular weight excluding hydrogens is 372 g/mol. The number of amides is 1. The van der Waals surface area contributed by atoms with Crippen molar-refractivity contribution in [3.8, 4) is 0 Å². The first-order chi connectivity index (χ1) is 10.6. The van der Waals surface area contributed by atoms with E-state index in [9.17, 15) is 4.79 Å². The maximum absolute atomic E-state index is 13.1. The zero-order valence-corrected chi connectivity index (χ0v) is 17.3. The van der Waals surface area contributed by atoms with Crippen LogP contribution in [0.4, 0.5) is 0 Å². The van der Waals surface area contributed by atoms with E-state index in [1.54, 1.807) is 0 Å². The summed E-state index contributed by atoms with van der Waals surface area (Å²) in [6, 6.07) is 4.20. The Bertz CT molecular complexity index is 537. The highest BCUT2D eigenvalue weighted by atomic mass is 79.9. The van der Waals surface area contributed by atoms with E-state index < -0.39 is 0 Å². The summed E-state index contributed by atoms with van der Waals surface area (Å²) in [5.41, 5.74) is 0.0976. The summed E-state index contributed by atoms with van der Waals surface area (Å²) >= 11 is 5.00. The lowest BCUT2D eigenvalue weighted by Gasteiger charge is -2.49. The van der Waals surface area contributed by atoms with Crippen LogP contribution in [0, 0.1) is 0 Å². The van der Waals surface area contributed by atoms with Crippen molar-refractivity contribution in [2.24, 2.45) is 0 Å². The van der Waals surface area contributed by atoms with Gasteiger partial charge in [0.05, 0.1) is 8.66 Å². The molecule has 5 heteroatoms. The normalized spacial score (nSPS) is 20.4. The Morgan fingerprint density at radius 3 is 2.39 bits per heavy atom. The number of carbonyl (C=O) groups is 1. The van der Waals surface area contributed by atoms with E-state index >= 15 is 0 Å². The molecule has 0 atom stereocenters. The molecule has 1 saturated heterocycles. The van der Waals surface area contributed by atoms with Gasteiger partial charge in [-0.15, -0.1) is 11.3 Å². The zero-order valence-electron chi connectivity index (χ0n) is 14.9. The number of hydrogen-bond donors (Lipinski definition) is 1. The minimum Gasteiger partial charge on any atom is -0.335 e. The topological polar surface area (TPSA) is 32.3 Å². The van der Waals surface area contributed by atoms with Gasteiger partial charge in [0.1, 0.15) is 0 Å². The van der Waals surface area contributed by atoms with Gasteiger partial charge in [0.2, 0.25) is 0 Å². The number of piperidine rings is 1. The Morgan fingerprint density at radius 1 is 1.30 bits per heavy atom. The number of hydrogen-bond acceptors (Lipinski definition) is 3. The number of nitrogens with one attached hydrogen (secondary N) is 1. The molecule has 2 rings (SSSR count). The van der Waals surface area contributed by atoms with E-state index in [0.29, 0.717) is 6.04 Å². The van der Waals surface area contributed by atoms with Crippen LogP contribution in [0.2, 0.25) is 0 Å². The van der Waals surface area contributed by atoms with Gasteiger partial charge in [0.25, 0.3) is 5.91 Å². The number of rotatable bonds is 5. The van der Waals surface area contributed by atoms with Crippen molar-refractivity contribution >= 4 is 33.2 Å². The van der Waals surface area contributed by atoms with E-state index in [1.165, 1.54) is 11.3 Å². The van der Waals surface area contributed by atoms with Gasteiger partial charge in [-0.2, -0.15) is 0 Å². The smallest absolute Gasteiger partial charge is 0.264 e. The molecule has 2 heterocycles. The van der Waals surface area contributed by atoms with E-state index in [0.717, 1.165) is 40.9 Å². The fraction of sp³-hybridized carbons (Fsp3) is 0.722. The molecule has 0 aliphatic carbocycles. The summed E-state index contributed by atoms with van der Waals surface area (Å²) < 4.78 is 1.02. The molecule has 0 radical (unpaired) electrons. The lowest BCUT2D eigenvalue weighted by atomic mass is 9.79. The van der Waals surface area contributed by atoms with Crippen LogP contribution in [0.25, 0.3) is 0 Å². The zero-order chi connectivity index (χ0) is 17.3. The monoisotopic (exact) mass is 400 g/mol. The van der Waals surface area contributed by atoms with Crippen LogP contribution in [0.3, 0.4) is 0 Å². The van der Waals surface area contributed by atoms with Gasteiger partial charge in [-0.1, -0.05) is 13.3 Å². The van der Waals surface area contributed by atoms with Crippen molar-refractivity contribution in [1.82, 2.24) is 10.2 Å². The number of thiophene rings is 1. The van der Waals surface area contributed by atoms with E-state index in [2.05, 4.69) is 60.8 Å². The predicted octanol–water partition coefficient (Wildman–Crippen LogP) is 5.06. The van der Waals surface area contributed by atoms with Crippen LogP contribution in [0.15, 0.2) is 15.9 Å². The van der Waals surface area contributed by atoms with Crippen molar-refractivity contribution in [2.75, 3.05) is 6.54 Å². The molecule has 130 valence electrons. The summed E-state index contributed by atoms with van der Waals surface area (Å²) in [5, 5.41) is 3.71. The third-order valence-corrected chi connectivity index (χ3v) is 6.02. The molecule has 3 nitrogen and oxygen atoms in total. The highest BCUT2D eigenvalue weighted by molar-refractivity contribution is 9.11. The molecular formula is C18H29BrN2OS. The molecule has 0 saturated carbocycles. The second-order valence-corrected chi connectivity index (χ2v) is 10.4. The molecule has 1 N–H and O–H groups in total.